The quantitative estimate of drug-likeness (QED) is 0.434. The van der Waals surface area contributed by atoms with Gasteiger partial charge in [0.25, 0.3) is 5.91 Å². The number of carbonyl (C=O) groups excluding carboxylic acids is 1. The van der Waals surface area contributed by atoms with Crippen LogP contribution in [0.15, 0.2) is 0 Å². The summed E-state index contributed by atoms with van der Waals surface area (Å²) in [5.74, 6) is -0.494. The lowest BCUT2D eigenvalue weighted by Gasteiger charge is -2.16. The number of amides is 1. The molecule has 0 aromatic carbocycles. The lowest BCUT2D eigenvalue weighted by molar-refractivity contribution is 0.0996. The Morgan fingerprint density at radius 1 is 1.17 bits per heavy atom. The van der Waals surface area contributed by atoms with Crippen molar-refractivity contribution in [1.82, 2.24) is 15.0 Å². The van der Waals surface area contributed by atoms with Gasteiger partial charge in [-0.05, 0) is 26.7 Å². The van der Waals surface area contributed by atoms with Crippen LogP contribution in [0.2, 0.25) is 0 Å². The molecule has 0 aliphatic carbocycles. The summed E-state index contributed by atoms with van der Waals surface area (Å²) < 4.78 is 24.2. The normalized spacial score (nSPS) is 11.7. The number of carbonyl (C=O) groups is 1. The number of unbranched alkanes of at least 4 members (excludes halogenated alkanes) is 3. The van der Waals surface area contributed by atoms with Crippen molar-refractivity contribution < 1.29 is 18.4 Å². The lowest BCUT2D eigenvalue weighted by atomic mass is 10.2. The number of primary amides is 1. The van der Waals surface area contributed by atoms with E-state index in [1.54, 1.807) is 13.8 Å². The third-order valence-electron chi connectivity index (χ3n) is 3.21. The summed E-state index contributed by atoms with van der Waals surface area (Å²) in [6.45, 7) is 4.92. The Bertz CT molecular complexity index is 538. The highest BCUT2D eigenvalue weighted by Gasteiger charge is 2.22. The van der Waals surface area contributed by atoms with Gasteiger partial charge in [-0.3, -0.25) is 9.36 Å². The Labute approximate surface area is 136 Å². The van der Waals surface area contributed by atoms with Gasteiger partial charge in [-0.15, -0.1) is 5.10 Å². The minimum absolute atomic E-state index is 0.000586. The molecule has 0 atom stereocenters. The molecule has 23 heavy (non-hydrogen) atoms. The molecule has 0 saturated heterocycles. The molecule has 1 amide bonds. The number of hydrogen-bond donors (Lipinski definition) is 2. The molecular weight excluding hydrogens is 321 g/mol. The average molecular weight is 347 g/mol. The largest absolute Gasteiger partial charge is 0.382 e. The summed E-state index contributed by atoms with van der Waals surface area (Å²) in [5.41, 5.74) is 10.9. The van der Waals surface area contributed by atoms with E-state index in [4.69, 9.17) is 20.5 Å². The van der Waals surface area contributed by atoms with E-state index in [-0.39, 0.29) is 11.5 Å². The van der Waals surface area contributed by atoms with Crippen molar-refractivity contribution in [2.24, 2.45) is 5.73 Å². The molecule has 0 spiro atoms. The number of nitrogen functional groups attached to an aromatic ring is 1. The van der Waals surface area contributed by atoms with Crippen LogP contribution in [0.4, 0.5) is 5.82 Å². The fourth-order valence-corrected chi connectivity index (χ4v) is 3.87. The van der Waals surface area contributed by atoms with Gasteiger partial charge in [0.15, 0.2) is 11.5 Å². The standard InChI is InChI=1S/C13H26N5O4P/c1-3-21-23(20,22-4-2)10-8-6-5-7-9-18-12(14)11(13(15)19)16-17-18/h3-10,14H2,1-2H3,(H2,15,19). The van der Waals surface area contributed by atoms with Gasteiger partial charge in [0, 0.05) is 6.54 Å². The summed E-state index contributed by atoms with van der Waals surface area (Å²) in [5, 5.41) is 7.45. The Morgan fingerprint density at radius 2 is 1.78 bits per heavy atom. The predicted octanol–water partition coefficient (Wildman–Crippen LogP) is 1.79. The van der Waals surface area contributed by atoms with E-state index in [0.29, 0.717) is 25.9 Å². The molecule has 1 aromatic rings. The maximum Gasteiger partial charge on any atom is 0.330 e. The predicted molar refractivity (Wildman–Crippen MR) is 87.1 cm³/mol. The maximum absolute atomic E-state index is 12.3. The van der Waals surface area contributed by atoms with Gasteiger partial charge in [-0.2, -0.15) is 0 Å². The van der Waals surface area contributed by atoms with Crippen molar-refractivity contribution in [3.8, 4) is 0 Å². The second kappa shape index (κ2) is 9.64. The summed E-state index contributed by atoms with van der Waals surface area (Å²) >= 11 is 0. The number of hydrogen-bond acceptors (Lipinski definition) is 7. The second-order valence-electron chi connectivity index (χ2n) is 4.99. The van der Waals surface area contributed by atoms with Crippen molar-refractivity contribution in [2.45, 2.75) is 46.1 Å². The van der Waals surface area contributed by atoms with Gasteiger partial charge >= 0.3 is 7.60 Å². The van der Waals surface area contributed by atoms with E-state index in [2.05, 4.69) is 10.3 Å². The molecule has 0 aliphatic heterocycles. The maximum atomic E-state index is 12.3. The van der Waals surface area contributed by atoms with E-state index in [9.17, 15) is 9.36 Å². The number of rotatable bonds is 12. The average Bonchev–Trinajstić information content (AvgIpc) is 2.84. The molecular formula is C13H26N5O4P. The molecule has 0 radical (unpaired) electrons. The van der Waals surface area contributed by atoms with Crippen LogP contribution in [0.25, 0.3) is 0 Å². The molecule has 1 aromatic heterocycles. The molecule has 9 nitrogen and oxygen atoms in total. The molecule has 1 rings (SSSR count). The molecule has 0 bridgehead atoms. The van der Waals surface area contributed by atoms with Gasteiger partial charge in [0.05, 0.1) is 19.4 Å². The zero-order chi connectivity index (χ0) is 17.3. The van der Waals surface area contributed by atoms with Crippen LogP contribution in [0, 0.1) is 0 Å². The van der Waals surface area contributed by atoms with Crippen molar-refractivity contribution in [2.75, 3.05) is 25.1 Å². The molecule has 0 aliphatic rings. The monoisotopic (exact) mass is 347 g/mol. The minimum Gasteiger partial charge on any atom is -0.382 e. The van der Waals surface area contributed by atoms with Crippen LogP contribution < -0.4 is 11.5 Å². The fourth-order valence-electron chi connectivity index (χ4n) is 2.14. The van der Waals surface area contributed by atoms with Gasteiger partial charge in [0.2, 0.25) is 0 Å². The molecule has 10 heteroatoms. The first kappa shape index (κ1) is 19.6. The first-order valence-corrected chi connectivity index (χ1v) is 9.53. The van der Waals surface area contributed by atoms with E-state index in [1.165, 1.54) is 4.68 Å². The molecule has 0 fully saturated rings. The van der Waals surface area contributed by atoms with E-state index in [1.807, 2.05) is 0 Å². The Kier molecular flexibility index (Phi) is 8.22. The highest BCUT2D eigenvalue weighted by Crippen LogP contribution is 2.48. The van der Waals surface area contributed by atoms with E-state index >= 15 is 0 Å². The van der Waals surface area contributed by atoms with Crippen molar-refractivity contribution in [1.29, 1.82) is 0 Å². The molecule has 4 N–H and O–H groups in total. The number of aryl methyl sites for hydroxylation is 1. The van der Waals surface area contributed by atoms with Crippen LogP contribution in [0.5, 0.6) is 0 Å². The van der Waals surface area contributed by atoms with Crippen LogP contribution >= 0.6 is 7.60 Å². The highest BCUT2D eigenvalue weighted by atomic mass is 31.2. The SMILES string of the molecule is CCOP(=O)(CCCCCCn1nnc(C(N)=O)c1N)OCC. The zero-order valence-corrected chi connectivity index (χ0v) is 14.6. The summed E-state index contributed by atoms with van der Waals surface area (Å²) in [4.78, 5) is 11.0. The van der Waals surface area contributed by atoms with Crippen LogP contribution in [0.3, 0.4) is 0 Å². The highest BCUT2D eigenvalue weighted by molar-refractivity contribution is 7.53. The third-order valence-corrected chi connectivity index (χ3v) is 5.38. The molecule has 0 unspecified atom stereocenters. The first-order valence-electron chi connectivity index (χ1n) is 7.80. The lowest BCUT2D eigenvalue weighted by Crippen LogP contribution is -2.14. The fraction of sp³-hybridized carbons (Fsp3) is 0.769. The van der Waals surface area contributed by atoms with Crippen LogP contribution in [-0.2, 0) is 20.2 Å². The number of nitrogens with zero attached hydrogens (tertiary/aromatic N) is 3. The Balaban J connectivity index is 2.28. The van der Waals surface area contributed by atoms with Gasteiger partial charge < -0.3 is 20.5 Å². The summed E-state index contributed by atoms with van der Waals surface area (Å²) in [7, 11) is -2.94. The van der Waals surface area contributed by atoms with Crippen LogP contribution in [-0.4, -0.2) is 40.3 Å². The number of nitrogens with two attached hydrogens (primary N) is 2. The third kappa shape index (κ3) is 6.29. The molecule has 132 valence electrons. The van der Waals surface area contributed by atoms with Crippen LogP contribution in [0.1, 0.15) is 50.0 Å². The van der Waals surface area contributed by atoms with Crippen molar-refractivity contribution in [3.05, 3.63) is 5.69 Å². The Hall–Kier alpha value is -1.44. The second-order valence-corrected chi connectivity index (χ2v) is 7.18. The van der Waals surface area contributed by atoms with E-state index < -0.39 is 13.5 Å². The first-order chi connectivity index (χ1) is 10.9. The Morgan fingerprint density at radius 3 is 2.30 bits per heavy atom. The summed E-state index contributed by atoms with van der Waals surface area (Å²) in [6.07, 6.45) is 3.80. The number of aromatic nitrogens is 3. The zero-order valence-electron chi connectivity index (χ0n) is 13.7. The van der Waals surface area contributed by atoms with Gasteiger partial charge in [-0.1, -0.05) is 18.1 Å². The summed E-state index contributed by atoms with van der Waals surface area (Å²) in [6, 6.07) is 0. The smallest absolute Gasteiger partial charge is 0.330 e. The van der Waals surface area contributed by atoms with Crippen molar-refractivity contribution in [3.63, 3.8) is 0 Å². The van der Waals surface area contributed by atoms with Crippen molar-refractivity contribution >= 4 is 19.3 Å². The van der Waals surface area contributed by atoms with E-state index in [0.717, 1.165) is 25.7 Å². The van der Waals surface area contributed by atoms with Gasteiger partial charge in [0.1, 0.15) is 0 Å². The number of anilines is 1. The molecule has 0 saturated carbocycles. The topological polar surface area (TPSA) is 135 Å². The molecule has 1 heterocycles. The van der Waals surface area contributed by atoms with Gasteiger partial charge in [-0.25, -0.2) is 4.68 Å². The minimum atomic E-state index is -2.94.